The molecule has 0 spiro atoms. The van der Waals surface area contributed by atoms with Crippen LogP contribution in [0.4, 0.5) is 0 Å². The number of hydrogen-bond donors (Lipinski definition) is 0. The number of Topliss-reactive ketones (excluding diaryl/α,β-unsaturated/α-hetero) is 1. The molecule has 0 aliphatic heterocycles. The van der Waals surface area contributed by atoms with E-state index in [1.54, 1.807) is 39.8 Å². The summed E-state index contributed by atoms with van der Waals surface area (Å²) >= 11 is 0. The predicted molar refractivity (Wildman–Crippen MR) is 70.5 cm³/mol. The molecule has 0 heterocycles. The van der Waals surface area contributed by atoms with E-state index in [0.717, 1.165) is 6.92 Å². The molecule has 0 aromatic heterocycles. The molecule has 0 bridgehead atoms. The molecular formula is C14H22O5. The number of esters is 2. The van der Waals surface area contributed by atoms with Crippen molar-refractivity contribution in [3.05, 3.63) is 12.2 Å². The number of hydrogen-bond acceptors (Lipinski definition) is 5. The molecule has 1 atom stereocenters. The summed E-state index contributed by atoms with van der Waals surface area (Å²) in [7, 11) is 0. The first-order chi connectivity index (χ1) is 8.55. The quantitative estimate of drug-likeness (QED) is 0.435. The molecular weight excluding hydrogens is 248 g/mol. The molecule has 108 valence electrons. The van der Waals surface area contributed by atoms with Crippen LogP contribution in [0.1, 0.15) is 48.0 Å². The maximum Gasteiger partial charge on any atom is 0.359 e. The van der Waals surface area contributed by atoms with Gasteiger partial charge in [-0.25, -0.2) is 4.79 Å². The van der Waals surface area contributed by atoms with E-state index in [1.807, 2.05) is 0 Å². The molecule has 0 radical (unpaired) electrons. The Bertz CT molecular complexity index is 389. The Morgan fingerprint density at radius 2 is 1.58 bits per heavy atom. The number of carbonyl (C=O) groups excluding carboxylic acids is 3. The molecule has 0 rings (SSSR count). The highest BCUT2D eigenvalue weighted by Gasteiger charge is 2.48. The van der Waals surface area contributed by atoms with Gasteiger partial charge in [-0.15, -0.1) is 0 Å². The summed E-state index contributed by atoms with van der Waals surface area (Å²) in [5.74, 6) is -2.11. The highest BCUT2D eigenvalue weighted by molar-refractivity contribution is 6.07. The molecule has 0 aromatic rings. The molecule has 0 amide bonds. The van der Waals surface area contributed by atoms with Crippen LogP contribution in [0, 0.1) is 0 Å². The van der Waals surface area contributed by atoms with Crippen molar-refractivity contribution in [1.29, 1.82) is 0 Å². The smallest absolute Gasteiger partial charge is 0.359 e. The predicted octanol–water partition coefficient (Wildman–Crippen LogP) is 2.19. The van der Waals surface area contributed by atoms with Gasteiger partial charge in [0.25, 0.3) is 5.60 Å². The lowest BCUT2D eigenvalue weighted by Crippen LogP contribution is -2.51. The van der Waals surface area contributed by atoms with Crippen molar-refractivity contribution in [1.82, 2.24) is 0 Å². The third kappa shape index (κ3) is 5.24. The van der Waals surface area contributed by atoms with Crippen LogP contribution in [-0.2, 0) is 23.9 Å². The van der Waals surface area contributed by atoms with Gasteiger partial charge in [-0.2, -0.15) is 0 Å². The molecule has 1 unspecified atom stereocenters. The van der Waals surface area contributed by atoms with Crippen molar-refractivity contribution in [3.8, 4) is 0 Å². The molecule has 0 saturated heterocycles. The van der Waals surface area contributed by atoms with E-state index in [-0.39, 0.29) is 6.42 Å². The lowest BCUT2D eigenvalue weighted by molar-refractivity contribution is -0.191. The van der Waals surface area contributed by atoms with Crippen molar-refractivity contribution < 1.29 is 23.9 Å². The first-order valence-corrected chi connectivity index (χ1v) is 6.10. The highest BCUT2D eigenvalue weighted by atomic mass is 16.6. The van der Waals surface area contributed by atoms with Gasteiger partial charge in [0.1, 0.15) is 5.60 Å². The summed E-state index contributed by atoms with van der Waals surface area (Å²) in [6, 6.07) is 0. The molecule has 0 aromatic carbocycles. The van der Waals surface area contributed by atoms with Gasteiger partial charge in [0.15, 0.2) is 5.78 Å². The number of rotatable bonds is 5. The van der Waals surface area contributed by atoms with Crippen molar-refractivity contribution >= 4 is 17.7 Å². The Balaban J connectivity index is 5.49. The summed E-state index contributed by atoms with van der Waals surface area (Å²) < 4.78 is 10.2. The molecule has 0 N–H and O–H groups in total. The fourth-order valence-electron chi connectivity index (χ4n) is 1.42. The van der Waals surface area contributed by atoms with E-state index in [1.165, 1.54) is 6.92 Å². The number of ketones is 1. The molecule has 0 aliphatic rings. The molecule has 5 nitrogen and oxygen atoms in total. The third-order valence-corrected chi connectivity index (χ3v) is 2.26. The molecule has 0 fully saturated rings. The van der Waals surface area contributed by atoms with Gasteiger partial charge in [0.2, 0.25) is 0 Å². The Hall–Kier alpha value is -1.65. The summed E-state index contributed by atoms with van der Waals surface area (Å²) in [6.07, 6.45) is 3.23. The van der Waals surface area contributed by atoms with Gasteiger partial charge in [-0.3, -0.25) is 9.59 Å². The lowest BCUT2D eigenvalue weighted by Gasteiger charge is -2.31. The van der Waals surface area contributed by atoms with Gasteiger partial charge >= 0.3 is 11.9 Å². The fraction of sp³-hybridized carbons (Fsp3) is 0.643. The Labute approximate surface area is 114 Å². The Kier molecular flexibility index (Phi) is 5.93. The zero-order chi connectivity index (χ0) is 15.3. The van der Waals surface area contributed by atoms with Crippen molar-refractivity contribution in [3.63, 3.8) is 0 Å². The number of carbonyl (C=O) groups is 3. The van der Waals surface area contributed by atoms with Crippen molar-refractivity contribution in [2.24, 2.45) is 0 Å². The van der Waals surface area contributed by atoms with E-state index in [4.69, 9.17) is 9.47 Å². The Morgan fingerprint density at radius 1 is 1.05 bits per heavy atom. The maximum absolute atomic E-state index is 12.2. The summed E-state index contributed by atoms with van der Waals surface area (Å²) in [5.41, 5.74) is -2.67. The zero-order valence-electron chi connectivity index (χ0n) is 12.4. The van der Waals surface area contributed by atoms with Crippen LogP contribution in [0.2, 0.25) is 0 Å². The maximum atomic E-state index is 12.2. The van der Waals surface area contributed by atoms with Crippen molar-refractivity contribution in [2.75, 3.05) is 0 Å². The monoisotopic (exact) mass is 270 g/mol. The summed E-state index contributed by atoms with van der Waals surface area (Å²) in [6.45, 7) is 9.14. The second-order valence-corrected chi connectivity index (χ2v) is 5.25. The topological polar surface area (TPSA) is 69.7 Å². The number of allylic oxidation sites excluding steroid dienone is 1. The minimum atomic E-state index is -1.90. The second kappa shape index (κ2) is 6.50. The van der Waals surface area contributed by atoms with Gasteiger partial charge in [0, 0.05) is 13.3 Å². The average molecular weight is 270 g/mol. The molecule has 0 aliphatic carbocycles. The van der Waals surface area contributed by atoms with Crippen LogP contribution in [0.15, 0.2) is 12.2 Å². The fourth-order valence-corrected chi connectivity index (χ4v) is 1.42. The van der Waals surface area contributed by atoms with Crippen LogP contribution in [0.25, 0.3) is 0 Å². The van der Waals surface area contributed by atoms with Gasteiger partial charge < -0.3 is 9.47 Å². The van der Waals surface area contributed by atoms with E-state index in [2.05, 4.69) is 0 Å². The molecule has 19 heavy (non-hydrogen) atoms. The van der Waals surface area contributed by atoms with Crippen LogP contribution in [0.5, 0.6) is 0 Å². The first kappa shape index (κ1) is 17.4. The van der Waals surface area contributed by atoms with Crippen LogP contribution >= 0.6 is 0 Å². The van der Waals surface area contributed by atoms with Crippen LogP contribution in [-0.4, -0.2) is 28.9 Å². The summed E-state index contributed by atoms with van der Waals surface area (Å²) in [4.78, 5) is 35.2. The van der Waals surface area contributed by atoms with E-state index >= 15 is 0 Å². The third-order valence-electron chi connectivity index (χ3n) is 2.26. The normalized spacial score (nSPS) is 14.8. The first-order valence-electron chi connectivity index (χ1n) is 6.10. The molecule has 0 saturated carbocycles. The van der Waals surface area contributed by atoms with E-state index in [0.29, 0.717) is 0 Å². The molecule has 5 heteroatoms. The van der Waals surface area contributed by atoms with Crippen molar-refractivity contribution in [2.45, 2.75) is 59.2 Å². The minimum absolute atomic E-state index is 0.0344. The number of ether oxygens (including phenoxy) is 2. The van der Waals surface area contributed by atoms with E-state index in [9.17, 15) is 14.4 Å². The van der Waals surface area contributed by atoms with Crippen LogP contribution < -0.4 is 0 Å². The van der Waals surface area contributed by atoms with Crippen LogP contribution in [0.3, 0.4) is 0 Å². The standard InChI is InChI=1S/C14H22O5/c1-7-8-9-14(10(2)15,18-11(3)16)12(17)19-13(4,5)6/h7-8H,9H2,1-6H3/b8-7-. The van der Waals surface area contributed by atoms with Gasteiger partial charge in [0.05, 0.1) is 0 Å². The zero-order valence-corrected chi connectivity index (χ0v) is 12.4. The highest BCUT2D eigenvalue weighted by Crippen LogP contribution is 2.24. The van der Waals surface area contributed by atoms with E-state index < -0.39 is 28.9 Å². The van der Waals surface area contributed by atoms with Gasteiger partial charge in [-0.1, -0.05) is 12.2 Å². The minimum Gasteiger partial charge on any atom is -0.457 e. The Morgan fingerprint density at radius 3 is 1.89 bits per heavy atom. The van der Waals surface area contributed by atoms with Gasteiger partial charge in [-0.05, 0) is 34.6 Å². The SMILES string of the molecule is C/C=C\CC(OC(C)=O)(C(C)=O)C(=O)OC(C)(C)C. The largest absolute Gasteiger partial charge is 0.457 e. The lowest BCUT2D eigenvalue weighted by atomic mass is 9.94. The second-order valence-electron chi connectivity index (χ2n) is 5.25. The average Bonchev–Trinajstić information content (AvgIpc) is 2.20. The summed E-state index contributed by atoms with van der Waals surface area (Å²) in [5, 5.41) is 0.